The third-order valence-corrected chi connectivity index (χ3v) is 5.49. The van der Waals surface area contributed by atoms with E-state index in [9.17, 15) is 0 Å². The molecule has 3 rings (SSSR count). The van der Waals surface area contributed by atoms with Gasteiger partial charge in [0.05, 0.1) is 12.3 Å². The highest BCUT2D eigenvalue weighted by atomic mass is 79.9. The molecule has 0 amide bonds. The van der Waals surface area contributed by atoms with Gasteiger partial charge in [0.2, 0.25) is 0 Å². The molecule has 0 aliphatic carbocycles. The van der Waals surface area contributed by atoms with E-state index in [-0.39, 0.29) is 0 Å². The van der Waals surface area contributed by atoms with Crippen LogP contribution in [0.5, 0.6) is 5.75 Å². The zero-order valence-electron chi connectivity index (χ0n) is 14.3. The first-order chi connectivity index (χ1) is 12.3. The van der Waals surface area contributed by atoms with E-state index in [0.29, 0.717) is 0 Å². The van der Waals surface area contributed by atoms with Gasteiger partial charge in [-0.25, -0.2) is 0 Å². The molecule has 2 nitrogen and oxygen atoms in total. The fourth-order valence-electron chi connectivity index (χ4n) is 3.07. The molecule has 132 valence electrons. The van der Waals surface area contributed by atoms with Crippen LogP contribution in [0.2, 0.25) is 0 Å². The van der Waals surface area contributed by atoms with Crippen LogP contribution in [-0.4, -0.2) is 24.2 Å². The Bertz CT molecular complexity index is 725. The van der Waals surface area contributed by atoms with E-state index < -0.39 is 0 Å². The van der Waals surface area contributed by atoms with Crippen LogP contribution in [-0.2, 0) is 6.42 Å². The molecule has 2 aromatic carbocycles. The zero-order chi connectivity index (χ0) is 17.5. The molecule has 0 atom stereocenters. The predicted octanol–water partition coefficient (Wildman–Crippen LogP) is 6.18. The second-order valence-corrected chi connectivity index (χ2v) is 7.97. The molecular weight excluding hydrogens is 442 g/mol. The molecule has 0 aromatic heterocycles. The second kappa shape index (κ2) is 9.54. The molecule has 1 aliphatic rings. The Kier molecular flexibility index (Phi) is 7.12. The average molecular weight is 465 g/mol. The van der Waals surface area contributed by atoms with Crippen LogP contribution in [0.1, 0.15) is 42.4 Å². The summed E-state index contributed by atoms with van der Waals surface area (Å²) in [6.07, 6.45) is 5.85. The minimum Gasteiger partial charge on any atom is -0.494 e. The lowest BCUT2D eigenvalue weighted by Crippen LogP contribution is -2.14. The summed E-state index contributed by atoms with van der Waals surface area (Å²) in [5.74, 6) is 0.983. The highest BCUT2D eigenvalue weighted by Crippen LogP contribution is 2.25. The Morgan fingerprint density at radius 1 is 0.960 bits per heavy atom. The molecule has 0 radical (unpaired) electrons. The summed E-state index contributed by atoms with van der Waals surface area (Å²) in [4.78, 5) is 4.76. The van der Waals surface area contributed by atoms with Gasteiger partial charge in [0.15, 0.2) is 0 Å². The lowest BCUT2D eigenvalue weighted by atomic mass is 9.93. The first-order valence-corrected chi connectivity index (χ1v) is 10.8. The minimum atomic E-state index is 0.800. The van der Waals surface area contributed by atoms with Crippen molar-refractivity contribution in [1.29, 1.82) is 0 Å². The first-order valence-electron chi connectivity index (χ1n) is 8.90. The highest BCUT2D eigenvalue weighted by Gasteiger charge is 2.16. The minimum absolute atomic E-state index is 0.800. The summed E-state index contributed by atoms with van der Waals surface area (Å²) < 4.78 is 7.04. The van der Waals surface area contributed by atoms with E-state index in [4.69, 9.17) is 9.73 Å². The van der Waals surface area contributed by atoms with Crippen molar-refractivity contribution in [2.24, 2.45) is 4.99 Å². The maximum absolute atomic E-state index is 5.95. The monoisotopic (exact) mass is 463 g/mol. The van der Waals surface area contributed by atoms with Crippen molar-refractivity contribution in [2.45, 2.75) is 32.1 Å². The average Bonchev–Trinajstić information content (AvgIpc) is 2.64. The van der Waals surface area contributed by atoms with E-state index in [1.54, 1.807) is 0 Å². The summed E-state index contributed by atoms with van der Waals surface area (Å²) in [5, 5.41) is 1.10. The Labute approximate surface area is 167 Å². The van der Waals surface area contributed by atoms with Crippen LogP contribution in [0.15, 0.2) is 51.9 Å². The molecule has 0 bridgehead atoms. The number of alkyl halides is 1. The van der Waals surface area contributed by atoms with Crippen molar-refractivity contribution in [3.63, 3.8) is 0 Å². The Hall–Kier alpha value is -1.13. The fourth-order valence-corrected chi connectivity index (χ4v) is 3.73. The largest absolute Gasteiger partial charge is 0.494 e. The Morgan fingerprint density at radius 3 is 2.56 bits per heavy atom. The number of halogens is 2. The van der Waals surface area contributed by atoms with Gasteiger partial charge in [-0.2, -0.15) is 0 Å². The number of hydrogen-bond acceptors (Lipinski definition) is 2. The fraction of sp³-hybridized carbons (Fsp3) is 0.381. The van der Waals surface area contributed by atoms with Crippen LogP contribution in [0.3, 0.4) is 0 Å². The van der Waals surface area contributed by atoms with E-state index in [2.05, 4.69) is 74.3 Å². The number of hydrogen-bond donors (Lipinski definition) is 0. The van der Waals surface area contributed by atoms with Crippen LogP contribution in [0.4, 0.5) is 0 Å². The van der Waals surface area contributed by atoms with Crippen LogP contribution in [0.25, 0.3) is 0 Å². The van der Waals surface area contributed by atoms with Gasteiger partial charge in [-0.05, 0) is 55.2 Å². The zero-order valence-corrected chi connectivity index (χ0v) is 17.5. The van der Waals surface area contributed by atoms with E-state index >= 15 is 0 Å². The van der Waals surface area contributed by atoms with Crippen LogP contribution in [0, 0.1) is 0 Å². The van der Waals surface area contributed by atoms with Gasteiger partial charge >= 0.3 is 0 Å². The maximum Gasteiger partial charge on any atom is 0.119 e. The molecule has 25 heavy (non-hydrogen) atoms. The van der Waals surface area contributed by atoms with E-state index in [1.807, 2.05) is 0 Å². The van der Waals surface area contributed by atoms with Crippen molar-refractivity contribution in [2.75, 3.05) is 18.5 Å². The van der Waals surface area contributed by atoms with E-state index in [0.717, 1.165) is 47.3 Å². The number of aliphatic imine (C=N–C) groups is 1. The Morgan fingerprint density at radius 2 is 1.76 bits per heavy atom. The van der Waals surface area contributed by atoms with Gasteiger partial charge < -0.3 is 4.74 Å². The van der Waals surface area contributed by atoms with Crippen LogP contribution < -0.4 is 4.74 Å². The molecule has 0 fully saturated rings. The van der Waals surface area contributed by atoms with Gasteiger partial charge in [-0.3, -0.25) is 4.99 Å². The molecule has 0 saturated heterocycles. The molecule has 4 heteroatoms. The lowest BCUT2D eigenvalue weighted by molar-refractivity contribution is 0.305. The summed E-state index contributed by atoms with van der Waals surface area (Å²) in [7, 11) is 0. The standard InChI is InChI=1S/C21H23Br2NO/c22-12-3-1-2-4-14-25-19-9-10-20-17(15-19)11-13-24-21(20)16-5-7-18(23)8-6-16/h5-10,15H,1-4,11-14H2. The summed E-state index contributed by atoms with van der Waals surface area (Å²) >= 11 is 6.97. The van der Waals surface area contributed by atoms with Gasteiger partial charge in [-0.1, -0.05) is 56.8 Å². The van der Waals surface area contributed by atoms with Crippen molar-refractivity contribution < 1.29 is 4.74 Å². The first kappa shape index (κ1) is 18.7. The summed E-state index contributed by atoms with van der Waals surface area (Å²) in [6.45, 7) is 1.64. The topological polar surface area (TPSA) is 21.6 Å². The third kappa shape index (κ3) is 5.18. The SMILES string of the molecule is BrCCCCCCOc1ccc2c(c1)CCN=C2c1ccc(Br)cc1. The molecule has 0 saturated carbocycles. The highest BCUT2D eigenvalue weighted by molar-refractivity contribution is 9.10. The third-order valence-electron chi connectivity index (χ3n) is 4.40. The number of ether oxygens (including phenoxy) is 1. The van der Waals surface area contributed by atoms with Gasteiger partial charge in [0, 0.05) is 27.5 Å². The summed E-state index contributed by atoms with van der Waals surface area (Å²) in [6, 6.07) is 14.8. The summed E-state index contributed by atoms with van der Waals surface area (Å²) in [5.41, 5.74) is 4.84. The van der Waals surface area contributed by atoms with Gasteiger partial charge in [0.1, 0.15) is 5.75 Å². The molecule has 0 N–H and O–H groups in total. The molecule has 2 aromatic rings. The maximum atomic E-state index is 5.95. The van der Waals surface area contributed by atoms with Gasteiger partial charge in [-0.15, -0.1) is 0 Å². The lowest BCUT2D eigenvalue weighted by Gasteiger charge is -2.18. The Balaban J connectivity index is 1.65. The van der Waals surface area contributed by atoms with Crippen molar-refractivity contribution in [3.8, 4) is 5.75 Å². The van der Waals surface area contributed by atoms with E-state index in [1.165, 1.54) is 36.0 Å². The molecule has 1 aliphatic heterocycles. The van der Waals surface area contributed by atoms with Crippen molar-refractivity contribution in [3.05, 3.63) is 63.6 Å². The number of unbranched alkanes of at least 4 members (excludes halogenated alkanes) is 3. The molecule has 0 spiro atoms. The molecule has 0 unspecified atom stereocenters. The smallest absolute Gasteiger partial charge is 0.119 e. The normalized spacial score (nSPS) is 13.3. The second-order valence-electron chi connectivity index (χ2n) is 6.26. The van der Waals surface area contributed by atoms with Gasteiger partial charge in [0.25, 0.3) is 0 Å². The number of benzene rings is 2. The predicted molar refractivity (Wildman–Crippen MR) is 113 cm³/mol. The van der Waals surface area contributed by atoms with Crippen molar-refractivity contribution in [1.82, 2.24) is 0 Å². The van der Waals surface area contributed by atoms with Crippen molar-refractivity contribution >= 4 is 37.6 Å². The quantitative estimate of drug-likeness (QED) is 0.337. The molecule has 1 heterocycles. The number of nitrogens with zero attached hydrogens (tertiary/aromatic N) is 1. The number of rotatable bonds is 8. The number of fused-ring (bicyclic) bond motifs is 1. The molecular formula is C21H23Br2NO. The van der Waals surface area contributed by atoms with Crippen LogP contribution >= 0.6 is 31.9 Å².